The molecule has 1 fully saturated rings. The van der Waals surface area contributed by atoms with E-state index < -0.39 is 0 Å². The zero-order valence-corrected chi connectivity index (χ0v) is 9.29. The van der Waals surface area contributed by atoms with Crippen molar-refractivity contribution in [1.29, 1.82) is 0 Å². The summed E-state index contributed by atoms with van der Waals surface area (Å²) in [4.78, 5) is 0. The minimum atomic E-state index is 0.790. The summed E-state index contributed by atoms with van der Waals surface area (Å²) in [6.45, 7) is 5.73. The van der Waals surface area contributed by atoms with Crippen LogP contribution in [0.2, 0.25) is 0 Å². The van der Waals surface area contributed by atoms with Crippen molar-refractivity contribution >= 4 is 11.8 Å². The summed E-state index contributed by atoms with van der Waals surface area (Å²) in [7, 11) is 0. The maximum absolute atomic E-state index is 3.63. The molecule has 0 spiro atoms. The van der Waals surface area contributed by atoms with Crippen molar-refractivity contribution < 1.29 is 0 Å². The molecule has 0 bridgehead atoms. The molecule has 1 aliphatic rings. The zero-order valence-electron chi connectivity index (χ0n) is 8.47. The van der Waals surface area contributed by atoms with E-state index in [9.17, 15) is 0 Å². The Hall–Kier alpha value is 0.310. The minimum absolute atomic E-state index is 0.790. The normalized spacial score (nSPS) is 30.0. The molecule has 0 amide bonds. The Morgan fingerprint density at radius 2 is 2.17 bits per heavy atom. The van der Waals surface area contributed by atoms with Gasteiger partial charge in [-0.25, -0.2) is 0 Å². The highest BCUT2D eigenvalue weighted by molar-refractivity contribution is 7.99. The van der Waals surface area contributed by atoms with Gasteiger partial charge in [0.25, 0.3) is 0 Å². The van der Waals surface area contributed by atoms with Crippen LogP contribution in [0.1, 0.15) is 33.1 Å². The summed E-state index contributed by atoms with van der Waals surface area (Å²) in [6, 6.07) is 0.810. The number of nitrogens with one attached hydrogen (secondary N) is 1. The smallest absolute Gasteiger partial charge is 0.00781 e. The fraction of sp³-hybridized carbons (Fsp3) is 1.00. The van der Waals surface area contributed by atoms with Gasteiger partial charge in [-0.2, -0.15) is 11.8 Å². The first-order chi connectivity index (χ1) is 5.72. The molecule has 0 aromatic carbocycles. The Bertz CT molecular complexity index is 125. The highest BCUT2D eigenvalue weighted by Gasteiger charge is 2.23. The van der Waals surface area contributed by atoms with Gasteiger partial charge in [-0.3, -0.25) is 0 Å². The molecule has 0 aliphatic heterocycles. The predicted octanol–water partition coefficient (Wildman–Crippen LogP) is 2.52. The maximum atomic E-state index is 3.63. The van der Waals surface area contributed by atoms with Gasteiger partial charge in [-0.15, -0.1) is 0 Å². The molecule has 1 rings (SSSR count). The largest absolute Gasteiger partial charge is 0.314 e. The second-order valence-electron chi connectivity index (χ2n) is 4.17. The number of hydrogen-bond acceptors (Lipinski definition) is 2. The average Bonchev–Trinajstić information content (AvgIpc) is 2.48. The number of thioether (sulfide) groups is 1. The van der Waals surface area contributed by atoms with Crippen LogP contribution in [0.4, 0.5) is 0 Å². The lowest BCUT2D eigenvalue weighted by molar-refractivity contribution is 0.469. The number of rotatable bonds is 4. The van der Waals surface area contributed by atoms with E-state index in [1.807, 2.05) is 11.8 Å². The Morgan fingerprint density at radius 1 is 1.42 bits per heavy atom. The van der Waals surface area contributed by atoms with Crippen molar-refractivity contribution in [3.63, 3.8) is 0 Å². The van der Waals surface area contributed by atoms with E-state index in [2.05, 4.69) is 25.4 Å². The minimum Gasteiger partial charge on any atom is -0.314 e. The second kappa shape index (κ2) is 5.13. The third kappa shape index (κ3) is 3.36. The Morgan fingerprint density at radius 3 is 2.67 bits per heavy atom. The third-order valence-electron chi connectivity index (χ3n) is 2.53. The topological polar surface area (TPSA) is 12.0 Å². The lowest BCUT2D eigenvalue weighted by Gasteiger charge is -2.14. The van der Waals surface area contributed by atoms with Crippen molar-refractivity contribution in [3.05, 3.63) is 0 Å². The monoisotopic (exact) mass is 187 g/mol. The molecule has 1 N–H and O–H groups in total. The van der Waals surface area contributed by atoms with E-state index in [0.29, 0.717) is 0 Å². The standard InChI is InChI=1S/C10H21NS/c1-8(2)7-11-9-4-5-10(6-9)12-3/h8-11H,4-7H2,1-3H3. The van der Waals surface area contributed by atoms with Crippen molar-refractivity contribution in [2.24, 2.45) is 5.92 Å². The first-order valence-electron chi connectivity index (χ1n) is 4.98. The summed E-state index contributed by atoms with van der Waals surface area (Å²) in [5.41, 5.74) is 0. The van der Waals surface area contributed by atoms with E-state index >= 15 is 0 Å². The summed E-state index contributed by atoms with van der Waals surface area (Å²) in [6.07, 6.45) is 6.42. The van der Waals surface area contributed by atoms with Gasteiger partial charge in [0.2, 0.25) is 0 Å². The molecule has 0 radical (unpaired) electrons. The Labute approximate surface area is 80.7 Å². The first-order valence-corrected chi connectivity index (χ1v) is 6.27. The van der Waals surface area contributed by atoms with Gasteiger partial charge in [0.05, 0.1) is 0 Å². The Balaban J connectivity index is 2.11. The number of hydrogen-bond donors (Lipinski definition) is 1. The molecule has 0 aromatic heterocycles. The van der Waals surface area contributed by atoms with Gasteiger partial charge in [0.15, 0.2) is 0 Å². The van der Waals surface area contributed by atoms with Crippen LogP contribution >= 0.6 is 11.8 Å². The maximum Gasteiger partial charge on any atom is 0.00781 e. The van der Waals surface area contributed by atoms with Crippen LogP contribution in [-0.2, 0) is 0 Å². The third-order valence-corrected chi connectivity index (χ3v) is 3.63. The highest BCUT2D eigenvalue weighted by Crippen LogP contribution is 2.28. The lowest BCUT2D eigenvalue weighted by atomic mass is 10.2. The van der Waals surface area contributed by atoms with Crippen LogP contribution in [0.25, 0.3) is 0 Å². The van der Waals surface area contributed by atoms with Crippen LogP contribution < -0.4 is 5.32 Å². The van der Waals surface area contributed by atoms with Crippen LogP contribution in [-0.4, -0.2) is 24.1 Å². The second-order valence-corrected chi connectivity index (χ2v) is 5.31. The van der Waals surface area contributed by atoms with Gasteiger partial charge in [0.1, 0.15) is 0 Å². The van der Waals surface area contributed by atoms with Crippen LogP contribution in [0.15, 0.2) is 0 Å². The van der Waals surface area contributed by atoms with Crippen LogP contribution in [0, 0.1) is 5.92 Å². The van der Waals surface area contributed by atoms with Crippen LogP contribution in [0.5, 0.6) is 0 Å². The molecule has 0 heterocycles. The summed E-state index contributed by atoms with van der Waals surface area (Å²) in [5.74, 6) is 0.790. The molecule has 2 heteroatoms. The van der Waals surface area contributed by atoms with Gasteiger partial charge >= 0.3 is 0 Å². The summed E-state index contributed by atoms with van der Waals surface area (Å²) < 4.78 is 0. The van der Waals surface area contributed by atoms with Crippen molar-refractivity contribution in [3.8, 4) is 0 Å². The molecule has 12 heavy (non-hydrogen) atoms. The van der Waals surface area contributed by atoms with E-state index in [1.165, 1.54) is 25.8 Å². The van der Waals surface area contributed by atoms with Crippen molar-refractivity contribution in [2.75, 3.05) is 12.8 Å². The molecule has 1 aliphatic carbocycles. The average molecular weight is 187 g/mol. The molecule has 2 unspecified atom stereocenters. The lowest BCUT2D eigenvalue weighted by Crippen LogP contribution is -2.30. The quantitative estimate of drug-likeness (QED) is 0.726. The van der Waals surface area contributed by atoms with Gasteiger partial charge in [-0.05, 0) is 38.0 Å². The molecule has 2 atom stereocenters. The van der Waals surface area contributed by atoms with Crippen molar-refractivity contribution in [2.45, 2.75) is 44.4 Å². The predicted molar refractivity (Wildman–Crippen MR) is 57.8 cm³/mol. The highest BCUT2D eigenvalue weighted by atomic mass is 32.2. The van der Waals surface area contributed by atoms with E-state index in [4.69, 9.17) is 0 Å². The SMILES string of the molecule is CSC1CCC(NCC(C)C)C1. The van der Waals surface area contributed by atoms with Gasteiger partial charge in [0, 0.05) is 11.3 Å². The molecule has 1 saturated carbocycles. The summed E-state index contributed by atoms with van der Waals surface area (Å²) >= 11 is 2.03. The fourth-order valence-corrected chi connectivity index (χ4v) is 2.54. The molecule has 0 aromatic rings. The van der Waals surface area contributed by atoms with Gasteiger partial charge < -0.3 is 5.32 Å². The molecular formula is C10H21NS. The fourth-order valence-electron chi connectivity index (χ4n) is 1.74. The molecular weight excluding hydrogens is 166 g/mol. The van der Waals surface area contributed by atoms with Crippen LogP contribution in [0.3, 0.4) is 0 Å². The van der Waals surface area contributed by atoms with Gasteiger partial charge in [-0.1, -0.05) is 13.8 Å². The first kappa shape index (κ1) is 10.4. The van der Waals surface area contributed by atoms with E-state index in [-0.39, 0.29) is 0 Å². The summed E-state index contributed by atoms with van der Waals surface area (Å²) in [5, 5.41) is 4.56. The zero-order chi connectivity index (χ0) is 8.97. The van der Waals surface area contributed by atoms with E-state index in [1.54, 1.807) is 0 Å². The Kier molecular flexibility index (Phi) is 4.44. The molecule has 0 saturated heterocycles. The van der Waals surface area contributed by atoms with E-state index in [0.717, 1.165) is 17.2 Å². The molecule has 1 nitrogen and oxygen atoms in total. The van der Waals surface area contributed by atoms with Crippen molar-refractivity contribution in [1.82, 2.24) is 5.32 Å². The molecule has 72 valence electrons.